The van der Waals surface area contributed by atoms with Crippen LogP contribution in [-0.2, 0) is 9.53 Å². The van der Waals surface area contributed by atoms with E-state index in [0.29, 0.717) is 11.3 Å². The Kier molecular flexibility index (Phi) is 4.93. The van der Waals surface area contributed by atoms with Gasteiger partial charge in [0.2, 0.25) is 0 Å². The van der Waals surface area contributed by atoms with Crippen LogP contribution in [-0.4, -0.2) is 29.5 Å². The Labute approximate surface area is 147 Å². The van der Waals surface area contributed by atoms with E-state index in [2.05, 4.69) is 10.5 Å². The third kappa shape index (κ3) is 3.69. The van der Waals surface area contributed by atoms with Crippen molar-refractivity contribution in [3.8, 4) is 11.3 Å². The first-order valence-electron chi connectivity index (χ1n) is 7.62. The van der Waals surface area contributed by atoms with Gasteiger partial charge in [0.1, 0.15) is 17.0 Å². The van der Waals surface area contributed by atoms with Crippen molar-refractivity contribution >= 4 is 17.8 Å². The number of aryl methyl sites for hydroxylation is 1. The second-order valence-electron chi connectivity index (χ2n) is 5.26. The Morgan fingerprint density at radius 1 is 1.12 bits per heavy atom. The standard InChI is InChI=1S/C18H14N2O6/c1-11-15(16(20-26-11)12-6-3-2-4-7-12)18(23)25-10-14(21)19-17(22)13-8-5-9-24-13/h2-9H,10H2,1H3,(H,19,21,22). The number of nitrogens with one attached hydrogen (secondary N) is 1. The fraction of sp³-hybridized carbons (Fsp3) is 0.111. The Bertz CT molecular complexity index is 928. The molecule has 0 saturated heterocycles. The fourth-order valence-electron chi connectivity index (χ4n) is 2.24. The average Bonchev–Trinajstić information content (AvgIpc) is 3.30. The molecule has 0 atom stereocenters. The highest BCUT2D eigenvalue weighted by atomic mass is 16.5. The van der Waals surface area contributed by atoms with E-state index in [1.807, 2.05) is 6.07 Å². The summed E-state index contributed by atoms with van der Waals surface area (Å²) in [4.78, 5) is 35.8. The van der Waals surface area contributed by atoms with Gasteiger partial charge in [0, 0.05) is 5.56 Å². The quantitative estimate of drug-likeness (QED) is 0.700. The van der Waals surface area contributed by atoms with Gasteiger partial charge in [0.05, 0.1) is 6.26 Å². The van der Waals surface area contributed by atoms with E-state index in [-0.39, 0.29) is 17.1 Å². The number of imide groups is 1. The molecule has 2 aromatic heterocycles. The van der Waals surface area contributed by atoms with Gasteiger partial charge in [-0.2, -0.15) is 0 Å². The molecule has 2 heterocycles. The fourth-order valence-corrected chi connectivity index (χ4v) is 2.24. The molecule has 132 valence electrons. The lowest BCUT2D eigenvalue weighted by atomic mass is 10.1. The normalized spacial score (nSPS) is 10.3. The number of amides is 2. The van der Waals surface area contributed by atoms with Gasteiger partial charge in [0.25, 0.3) is 11.8 Å². The van der Waals surface area contributed by atoms with E-state index in [1.54, 1.807) is 31.2 Å². The minimum Gasteiger partial charge on any atom is -0.459 e. The summed E-state index contributed by atoms with van der Waals surface area (Å²) in [6, 6.07) is 11.9. The van der Waals surface area contributed by atoms with Crippen LogP contribution in [0.25, 0.3) is 11.3 Å². The minimum absolute atomic E-state index is 0.0223. The summed E-state index contributed by atoms with van der Waals surface area (Å²) in [6.45, 7) is 0.931. The SMILES string of the molecule is Cc1onc(-c2ccccc2)c1C(=O)OCC(=O)NC(=O)c1ccco1. The Balaban J connectivity index is 1.65. The van der Waals surface area contributed by atoms with Crippen LogP contribution in [0.3, 0.4) is 0 Å². The van der Waals surface area contributed by atoms with E-state index in [9.17, 15) is 14.4 Å². The van der Waals surface area contributed by atoms with E-state index >= 15 is 0 Å². The number of aromatic nitrogens is 1. The summed E-state index contributed by atoms with van der Waals surface area (Å²) in [6.07, 6.45) is 1.30. The Morgan fingerprint density at radius 2 is 1.88 bits per heavy atom. The highest BCUT2D eigenvalue weighted by Gasteiger charge is 2.24. The van der Waals surface area contributed by atoms with Gasteiger partial charge in [-0.1, -0.05) is 35.5 Å². The van der Waals surface area contributed by atoms with Crippen LogP contribution in [0.1, 0.15) is 26.7 Å². The van der Waals surface area contributed by atoms with Crippen molar-refractivity contribution in [2.75, 3.05) is 6.61 Å². The molecule has 0 fully saturated rings. The third-order valence-corrected chi connectivity index (χ3v) is 3.45. The predicted octanol–water partition coefficient (Wildman–Crippen LogP) is 2.36. The van der Waals surface area contributed by atoms with Crippen LogP contribution in [0.4, 0.5) is 0 Å². The molecule has 3 aromatic rings. The smallest absolute Gasteiger partial charge is 0.344 e. The van der Waals surface area contributed by atoms with Crippen LogP contribution < -0.4 is 5.32 Å². The monoisotopic (exact) mass is 354 g/mol. The zero-order valence-corrected chi connectivity index (χ0v) is 13.7. The number of hydrogen-bond donors (Lipinski definition) is 1. The van der Waals surface area contributed by atoms with E-state index in [1.165, 1.54) is 18.4 Å². The number of ether oxygens (including phenoxy) is 1. The van der Waals surface area contributed by atoms with Crippen LogP contribution in [0.5, 0.6) is 0 Å². The molecule has 0 aliphatic carbocycles. The summed E-state index contributed by atoms with van der Waals surface area (Å²) in [5.74, 6) is -2.03. The summed E-state index contributed by atoms with van der Waals surface area (Å²) < 4.78 is 14.9. The molecule has 0 aliphatic rings. The van der Waals surface area contributed by atoms with Crippen LogP contribution >= 0.6 is 0 Å². The molecule has 0 saturated carbocycles. The van der Waals surface area contributed by atoms with Gasteiger partial charge >= 0.3 is 5.97 Å². The predicted molar refractivity (Wildman–Crippen MR) is 88.1 cm³/mol. The highest BCUT2D eigenvalue weighted by molar-refractivity contribution is 6.04. The molecule has 0 bridgehead atoms. The van der Waals surface area contributed by atoms with Gasteiger partial charge in [0.15, 0.2) is 12.4 Å². The van der Waals surface area contributed by atoms with Crippen molar-refractivity contribution in [2.45, 2.75) is 6.92 Å². The van der Waals surface area contributed by atoms with Gasteiger partial charge < -0.3 is 13.7 Å². The van der Waals surface area contributed by atoms with Crippen molar-refractivity contribution in [1.29, 1.82) is 0 Å². The van der Waals surface area contributed by atoms with Crippen molar-refractivity contribution in [3.63, 3.8) is 0 Å². The van der Waals surface area contributed by atoms with E-state index in [4.69, 9.17) is 13.7 Å². The summed E-state index contributed by atoms with van der Waals surface area (Å²) >= 11 is 0. The lowest BCUT2D eigenvalue weighted by Gasteiger charge is -2.05. The first-order valence-corrected chi connectivity index (χ1v) is 7.62. The van der Waals surface area contributed by atoms with E-state index < -0.39 is 24.4 Å². The molecule has 8 nitrogen and oxygen atoms in total. The van der Waals surface area contributed by atoms with Crippen LogP contribution in [0.2, 0.25) is 0 Å². The maximum atomic E-state index is 12.3. The van der Waals surface area contributed by atoms with Crippen molar-refractivity contribution in [2.24, 2.45) is 0 Å². The van der Waals surface area contributed by atoms with Gasteiger partial charge in [-0.3, -0.25) is 14.9 Å². The number of carbonyl (C=O) groups is 3. The van der Waals surface area contributed by atoms with E-state index in [0.717, 1.165) is 0 Å². The molecule has 26 heavy (non-hydrogen) atoms. The second-order valence-corrected chi connectivity index (χ2v) is 5.26. The van der Waals surface area contributed by atoms with Crippen LogP contribution in [0, 0.1) is 6.92 Å². The lowest BCUT2D eigenvalue weighted by molar-refractivity contribution is -0.123. The molecule has 0 spiro atoms. The van der Waals surface area contributed by atoms with Crippen molar-refractivity contribution < 1.29 is 28.1 Å². The van der Waals surface area contributed by atoms with Gasteiger partial charge in [-0.15, -0.1) is 0 Å². The maximum absolute atomic E-state index is 12.3. The van der Waals surface area contributed by atoms with Gasteiger partial charge in [-0.25, -0.2) is 4.79 Å². The number of esters is 1. The molecule has 0 radical (unpaired) electrons. The number of carbonyl (C=O) groups excluding carboxylic acids is 3. The average molecular weight is 354 g/mol. The molecule has 0 unspecified atom stereocenters. The molecule has 1 aromatic carbocycles. The topological polar surface area (TPSA) is 112 Å². The first-order chi connectivity index (χ1) is 12.6. The first kappa shape index (κ1) is 17.2. The molecule has 0 aliphatic heterocycles. The maximum Gasteiger partial charge on any atom is 0.344 e. The Hall–Kier alpha value is -3.68. The molecular formula is C18H14N2O6. The largest absolute Gasteiger partial charge is 0.459 e. The number of nitrogens with zero attached hydrogens (tertiary/aromatic N) is 1. The molecular weight excluding hydrogens is 340 g/mol. The summed E-state index contributed by atoms with van der Waals surface area (Å²) in [7, 11) is 0. The molecule has 1 N–H and O–H groups in total. The molecule has 2 amide bonds. The third-order valence-electron chi connectivity index (χ3n) is 3.45. The second kappa shape index (κ2) is 7.47. The number of furan rings is 1. The van der Waals surface area contributed by atoms with Crippen LogP contribution in [0.15, 0.2) is 57.7 Å². The number of benzene rings is 1. The van der Waals surface area contributed by atoms with Crippen molar-refractivity contribution in [3.05, 3.63) is 65.8 Å². The minimum atomic E-state index is -0.782. The van der Waals surface area contributed by atoms with Crippen molar-refractivity contribution in [1.82, 2.24) is 10.5 Å². The number of rotatable bonds is 5. The molecule has 8 heteroatoms. The zero-order chi connectivity index (χ0) is 18.5. The summed E-state index contributed by atoms with van der Waals surface area (Å²) in [5, 5.41) is 5.93. The zero-order valence-electron chi connectivity index (χ0n) is 13.7. The molecule has 3 rings (SSSR count). The lowest BCUT2D eigenvalue weighted by Crippen LogP contribution is -2.34. The number of hydrogen-bond acceptors (Lipinski definition) is 7. The highest BCUT2D eigenvalue weighted by Crippen LogP contribution is 2.25. The summed E-state index contributed by atoms with van der Waals surface area (Å²) in [5.41, 5.74) is 1.12. The Morgan fingerprint density at radius 3 is 2.58 bits per heavy atom. The van der Waals surface area contributed by atoms with Gasteiger partial charge in [-0.05, 0) is 19.1 Å².